The average molecular weight is 343 g/mol. The quantitative estimate of drug-likeness (QED) is 0.529. The molecule has 0 aliphatic carbocycles. The lowest BCUT2D eigenvalue weighted by molar-refractivity contribution is 0.0523. The van der Waals surface area contributed by atoms with Gasteiger partial charge in [0.15, 0.2) is 0 Å². The number of nitrogens with one attached hydrogen (secondary N) is 3. The number of aryl methyl sites for hydroxylation is 1. The van der Waals surface area contributed by atoms with Gasteiger partial charge in [0.2, 0.25) is 5.43 Å². The van der Waals surface area contributed by atoms with Gasteiger partial charge in [0, 0.05) is 18.5 Å². The van der Waals surface area contributed by atoms with Gasteiger partial charge in [-0.15, -0.1) is 0 Å². The van der Waals surface area contributed by atoms with E-state index in [0.29, 0.717) is 18.1 Å². The number of ether oxygens (including phenoxy) is 2. The summed E-state index contributed by atoms with van der Waals surface area (Å²) in [6.45, 7) is 3.91. The molecule has 0 radical (unpaired) electrons. The third kappa shape index (κ3) is 4.06. The largest absolute Gasteiger partial charge is 0.497 e. The van der Waals surface area contributed by atoms with Crippen LogP contribution in [-0.2, 0) is 11.3 Å². The smallest absolute Gasteiger partial charge is 0.343 e. The first-order chi connectivity index (χ1) is 12.0. The minimum atomic E-state index is -0.689. The van der Waals surface area contributed by atoms with E-state index in [-0.39, 0.29) is 17.7 Å². The van der Waals surface area contributed by atoms with Crippen molar-refractivity contribution in [3.8, 4) is 5.75 Å². The molecule has 25 heavy (non-hydrogen) atoms. The maximum atomic E-state index is 12.5. The van der Waals surface area contributed by atoms with E-state index >= 15 is 0 Å². The fourth-order valence-electron chi connectivity index (χ4n) is 2.40. The van der Waals surface area contributed by atoms with Crippen LogP contribution in [-0.4, -0.2) is 30.9 Å². The van der Waals surface area contributed by atoms with E-state index in [1.807, 2.05) is 24.3 Å². The number of carbonyl (C=O) groups is 1. The van der Waals surface area contributed by atoms with Gasteiger partial charge < -0.3 is 25.2 Å². The first kappa shape index (κ1) is 18.3. The highest BCUT2D eigenvalue weighted by molar-refractivity contribution is 5.94. The molecule has 3 N–H and O–H groups in total. The highest BCUT2D eigenvalue weighted by Crippen LogP contribution is 2.15. The summed E-state index contributed by atoms with van der Waals surface area (Å²) in [5.41, 5.74) is 0.857. The average Bonchev–Trinajstić information content (AvgIpc) is 2.60. The van der Waals surface area contributed by atoms with Crippen LogP contribution in [0.4, 0.5) is 5.82 Å². The Balaban J connectivity index is 2.30. The maximum Gasteiger partial charge on any atom is 0.343 e. The lowest BCUT2D eigenvalue weighted by Crippen LogP contribution is -2.25. The number of carbonyl (C=O) groups excluding carboxylic acids is 1. The van der Waals surface area contributed by atoms with Crippen LogP contribution in [0.5, 0.6) is 5.75 Å². The van der Waals surface area contributed by atoms with Crippen LogP contribution >= 0.6 is 0 Å². The van der Waals surface area contributed by atoms with Crippen molar-refractivity contribution in [2.75, 3.05) is 19.0 Å². The molecule has 1 aromatic heterocycles. The topological polar surface area (TPSA) is 104 Å². The van der Waals surface area contributed by atoms with Crippen molar-refractivity contribution in [3.63, 3.8) is 0 Å². The maximum absolute atomic E-state index is 12.5. The monoisotopic (exact) mass is 343 g/mol. The minimum Gasteiger partial charge on any atom is -0.497 e. The van der Waals surface area contributed by atoms with Gasteiger partial charge in [-0.2, -0.15) is 0 Å². The van der Waals surface area contributed by atoms with E-state index in [1.165, 1.54) is 0 Å². The number of hydrogen-bond donors (Lipinski definition) is 3. The van der Waals surface area contributed by atoms with Crippen LogP contribution in [0.15, 0.2) is 29.1 Å². The van der Waals surface area contributed by atoms with Gasteiger partial charge in [0.05, 0.1) is 19.3 Å². The molecule has 1 heterocycles. The Morgan fingerprint density at radius 2 is 2.00 bits per heavy atom. The molecule has 0 fully saturated rings. The zero-order valence-electron chi connectivity index (χ0n) is 14.4. The highest BCUT2D eigenvalue weighted by atomic mass is 16.5. The number of H-pyrrole nitrogens is 1. The summed E-state index contributed by atoms with van der Waals surface area (Å²) in [6, 6.07) is 7.47. The molecule has 0 spiro atoms. The van der Waals surface area contributed by atoms with E-state index in [4.69, 9.17) is 14.9 Å². The Labute approximate surface area is 145 Å². The van der Waals surface area contributed by atoms with E-state index in [9.17, 15) is 9.59 Å². The molecule has 0 saturated heterocycles. The number of rotatable bonds is 7. The Hall–Kier alpha value is -3.09. The number of methoxy groups -OCH3 is 1. The zero-order chi connectivity index (χ0) is 18.4. The van der Waals surface area contributed by atoms with E-state index in [2.05, 4.69) is 10.3 Å². The molecule has 0 saturated carbocycles. The Morgan fingerprint density at radius 1 is 1.32 bits per heavy atom. The number of anilines is 1. The molecule has 0 amide bonds. The van der Waals surface area contributed by atoms with E-state index in [1.54, 1.807) is 21.0 Å². The molecule has 7 heteroatoms. The second-order valence-electron chi connectivity index (χ2n) is 5.31. The molecule has 132 valence electrons. The molecule has 2 rings (SSSR count). The standard InChI is InChI=1S/C18H21N3O4/c1-4-25-18(23)15-11(2)21-17(14(9-19)16(15)22)20-10-12-5-7-13(24-3)8-6-12/h5-9,19H,4,10H2,1-3H3,(H2,20,21,22). The fraction of sp³-hybridized carbons (Fsp3) is 0.278. The summed E-state index contributed by atoms with van der Waals surface area (Å²) >= 11 is 0. The van der Waals surface area contributed by atoms with Crippen LogP contribution in [0.1, 0.15) is 34.1 Å². The molecule has 0 unspecified atom stereocenters. The van der Waals surface area contributed by atoms with Crippen LogP contribution in [0.3, 0.4) is 0 Å². The first-order valence-corrected chi connectivity index (χ1v) is 7.83. The second-order valence-corrected chi connectivity index (χ2v) is 5.31. The third-order valence-corrected chi connectivity index (χ3v) is 3.68. The highest BCUT2D eigenvalue weighted by Gasteiger charge is 2.20. The molecule has 0 aliphatic heterocycles. The van der Waals surface area contributed by atoms with E-state index in [0.717, 1.165) is 17.5 Å². The van der Waals surface area contributed by atoms with Crippen LogP contribution in [0.2, 0.25) is 0 Å². The number of benzene rings is 1. The number of aromatic nitrogens is 1. The molecular formula is C18H21N3O4. The first-order valence-electron chi connectivity index (χ1n) is 7.83. The van der Waals surface area contributed by atoms with Crippen molar-refractivity contribution in [2.24, 2.45) is 0 Å². The lowest BCUT2D eigenvalue weighted by Gasteiger charge is -2.13. The number of esters is 1. The van der Waals surface area contributed by atoms with Gasteiger partial charge in [-0.25, -0.2) is 4.79 Å². The molecule has 7 nitrogen and oxygen atoms in total. The minimum absolute atomic E-state index is 0.0738. The summed E-state index contributed by atoms with van der Waals surface area (Å²) in [6.07, 6.45) is 0.928. The van der Waals surface area contributed by atoms with Crippen LogP contribution < -0.4 is 15.5 Å². The summed E-state index contributed by atoms with van der Waals surface area (Å²) in [5, 5.41) is 10.6. The van der Waals surface area contributed by atoms with Gasteiger partial charge in [-0.1, -0.05) is 12.1 Å². The molecule has 2 aromatic rings. The lowest BCUT2D eigenvalue weighted by atomic mass is 10.1. The SMILES string of the molecule is CCOC(=O)c1c(C)[nH]c(NCc2ccc(OC)cc2)c(C=N)c1=O. The van der Waals surface area contributed by atoms with Gasteiger partial charge in [0.1, 0.15) is 17.1 Å². The summed E-state index contributed by atoms with van der Waals surface area (Å²) in [4.78, 5) is 27.5. The summed E-state index contributed by atoms with van der Waals surface area (Å²) < 4.78 is 10.0. The second kappa shape index (κ2) is 8.14. The van der Waals surface area contributed by atoms with Crippen molar-refractivity contribution in [1.29, 1.82) is 5.41 Å². The van der Waals surface area contributed by atoms with Crippen molar-refractivity contribution in [2.45, 2.75) is 20.4 Å². The van der Waals surface area contributed by atoms with Gasteiger partial charge in [0.25, 0.3) is 0 Å². The Morgan fingerprint density at radius 3 is 2.56 bits per heavy atom. The van der Waals surface area contributed by atoms with Crippen LogP contribution in [0.25, 0.3) is 0 Å². The van der Waals surface area contributed by atoms with Crippen LogP contribution in [0, 0.1) is 12.3 Å². The van der Waals surface area contributed by atoms with Gasteiger partial charge in [-0.3, -0.25) is 4.79 Å². The van der Waals surface area contributed by atoms with Crippen molar-refractivity contribution >= 4 is 18.0 Å². The third-order valence-electron chi connectivity index (χ3n) is 3.68. The summed E-state index contributed by atoms with van der Waals surface area (Å²) in [5.74, 6) is 0.458. The van der Waals surface area contributed by atoms with E-state index < -0.39 is 11.4 Å². The Kier molecular flexibility index (Phi) is 5.94. The number of hydrogen-bond acceptors (Lipinski definition) is 6. The molecule has 0 aliphatic rings. The molecule has 0 atom stereocenters. The predicted molar refractivity (Wildman–Crippen MR) is 96.0 cm³/mol. The zero-order valence-corrected chi connectivity index (χ0v) is 14.4. The van der Waals surface area contributed by atoms with Gasteiger partial charge >= 0.3 is 5.97 Å². The van der Waals surface area contributed by atoms with Crippen molar-refractivity contribution < 1.29 is 14.3 Å². The summed E-state index contributed by atoms with van der Waals surface area (Å²) in [7, 11) is 1.60. The van der Waals surface area contributed by atoms with Gasteiger partial charge in [-0.05, 0) is 31.5 Å². The molecule has 0 bridgehead atoms. The van der Waals surface area contributed by atoms with Crippen molar-refractivity contribution in [3.05, 3.63) is 56.9 Å². The molecular weight excluding hydrogens is 322 g/mol. The predicted octanol–water partition coefficient (Wildman–Crippen LogP) is 2.48. The molecule has 1 aromatic carbocycles. The fourth-order valence-corrected chi connectivity index (χ4v) is 2.40. The number of aromatic amines is 1. The Bertz CT molecular complexity index is 825. The normalized spacial score (nSPS) is 10.2. The number of pyridine rings is 1. The van der Waals surface area contributed by atoms with Crippen molar-refractivity contribution in [1.82, 2.24) is 4.98 Å².